The van der Waals surface area contributed by atoms with Gasteiger partial charge in [0, 0.05) is 24.5 Å². The van der Waals surface area contributed by atoms with Crippen LogP contribution in [0.15, 0.2) is 63.8 Å². The van der Waals surface area contributed by atoms with E-state index in [-0.39, 0.29) is 0 Å². The van der Waals surface area contributed by atoms with Crippen LogP contribution in [0.25, 0.3) is 11.3 Å². The van der Waals surface area contributed by atoms with E-state index in [0.29, 0.717) is 24.0 Å². The van der Waals surface area contributed by atoms with E-state index in [1.807, 2.05) is 36.4 Å². The monoisotopic (exact) mass is 497 g/mol. The van der Waals surface area contributed by atoms with Gasteiger partial charge in [0.25, 0.3) is 0 Å². The van der Waals surface area contributed by atoms with Crippen LogP contribution in [0.2, 0.25) is 0 Å². The van der Waals surface area contributed by atoms with Gasteiger partial charge in [0.2, 0.25) is 10.0 Å². The van der Waals surface area contributed by atoms with E-state index in [1.165, 1.54) is 19.3 Å². The van der Waals surface area contributed by atoms with E-state index in [0.717, 1.165) is 53.2 Å². The number of benzene rings is 2. The van der Waals surface area contributed by atoms with Gasteiger partial charge in [0.05, 0.1) is 23.4 Å². The first-order valence-electron chi connectivity index (χ1n) is 12.1. The number of ether oxygens (including phenoxy) is 1. The number of nitrogens with zero attached hydrogens (tertiary/aromatic N) is 3. The first kappa shape index (κ1) is 23.3. The molecule has 0 spiro atoms. The predicted octanol–water partition coefficient (Wildman–Crippen LogP) is 5.75. The summed E-state index contributed by atoms with van der Waals surface area (Å²) in [7, 11) is -1.75. The molecule has 1 saturated carbocycles. The van der Waals surface area contributed by atoms with Crippen LogP contribution in [0.4, 0.5) is 5.69 Å². The third kappa shape index (κ3) is 4.72. The Balaban J connectivity index is 1.52. The lowest BCUT2D eigenvalue weighted by atomic mass is 9.95. The highest BCUT2D eigenvalue weighted by molar-refractivity contribution is 7.89. The molecule has 2 heterocycles. The van der Waals surface area contributed by atoms with Crippen LogP contribution in [0.1, 0.15) is 51.0 Å². The van der Waals surface area contributed by atoms with E-state index >= 15 is 0 Å². The summed E-state index contributed by atoms with van der Waals surface area (Å²) >= 11 is 1.64. The number of sulfonamides is 1. The Morgan fingerprint density at radius 2 is 1.59 bits per heavy atom. The van der Waals surface area contributed by atoms with Gasteiger partial charge in [-0.3, -0.25) is 0 Å². The van der Waals surface area contributed by atoms with Gasteiger partial charge in [0.1, 0.15) is 5.75 Å². The number of aromatic nitrogens is 1. The zero-order chi connectivity index (χ0) is 23.5. The summed E-state index contributed by atoms with van der Waals surface area (Å²) < 4.78 is 35.1. The average Bonchev–Trinajstić information content (AvgIpc) is 3.56. The molecule has 0 amide bonds. The fraction of sp³-hybridized carbons (Fsp3) is 0.423. The quantitative estimate of drug-likeness (QED) is 0.436. The van der Waals surface area contributed by atoms with E-state index in [1.54, 1.807) is 34.9 Å². The zero-order valence-corrected chi connectivity index (χ0v) is 21.2. The molecule has 2 fully saturated rings. The highest BCUT2D eigenvalue weighted by Crippen LogP contribution is 2.33. The summed E-state index contributed by atoms with van der Waals surface area (Å²) in [5.74, 6) is 0.815. The minimum atomic E-state index is -3.41. The van der Waals surface area contributed by atoms with E-state index in [9.17, 15) is 8.42 Å². The fourth-order valence-corrected chi connectivity index (χ4v) is 7.45. The molecule has 2 aromatic carbocycles. The SMILES string of the molecule is COc1ccc(N=c2scc(-c3ccc(S(=O)(=O)N4CCCC4)cc3)n2C2CCCCC2)cc1. The Bertz CT molecular complexity index is 1280. The van der Waals surface area contributed by atoms with Crippen molar-refractivity contribution >= 4 is 27.0 Å². The number of rotatable bonds is 6. The van der Waals surface area contributed by atoms with Crippen LogP contribution in [-0.4, -0.2) is 37.5 Å². The lowest BCUT2D eigenvalue weighted by Crippen LogP contribution is -2.27. The van der Waals surface area contributed by atoms with Crippen molar-refractivity contribution in [3.8, 4) is 17.0 Å². The van der Waals surface area contributed by atoms with Gasteiger partial charge in [0.15, 0.2) is 4.80 Å². The lowest BCUT2D eigenvalue weighted by molar-refractivity contribution is 0.351. The third-order valence-corrected chi connectivity index (χ3v) is 9.58. The Morgan fingerprint density at radius 3 is 2.24 bits per heavy atom. The van der Waals surface area contributed by atoms with Gasteiger partial charge in [-0.25, -0.2) is 13.4 Å². The molecule has 180 valence electrons. The van der Waals surface area contributed by atoms with Crippen LogP contribution in [0.5, 0.6) is 5.75 Å². The highest BCUT2D eigenvalue weighted by Gasteiger charge is 2.27. The smallest absolute Gasteiger partial charge is 0.243 e. The molecule has 34 heavy (non-hydrogen) atoms. The van der Waals surface area contributed by atoms with Crippen molar-refractivity contribution in [2.45, 2.75) is 55.9 Å². The largest absolute Gasteiger partial charge is 0.497 e. The second kappa shape index (κ2) is 10.1. The number of methoxy groups -OCH3 is 1. The van der Waals surface area contributed by atoms with Crippen LogP contribution >= 0.6 is 11.3 Å². The molecule has 6 nitrogen and oxygen atoms in total. The van der Waals surface area contributed by atoms with Crippen LogP contribution in [-0.2, 0) is 10.0 Å². The van der Waals surface area contributed by atoms with Gasteiger partial charge in [-0.2, -0.15) is 4.31 Å². The van der Waals surface area contributed by atoms with Crippen molar-refractivity contribution in [2.75, 3.05) is 20.2 Å². The summed E-state index contributed by atoms with van der Waals surface area (Å²) in [6, 6.07) is 15.6. The first-order valence-corrected chi connectivity index (χ1v) is 14.4. The van der Waals surface area contributed by atoms with Crippen molar-refractivity contribution in [1.29, 1.82) is 0 Å². The Morgan fingerprint density at radius 1 is 0.912 bits per heavy atom. The summed E-state index contributed by atoms with van der Waals surface area (Å²) in [4.78, 5) is 6.32. The molecule has 5 rings (SSSR count). The maximum Gasteiger partial charge on any atom is 0.243 e. The molecule has 0 N–H and O–H groups in total. The van der Waals surface area contributed by atoms with E-state index in [2.05, 4.69) is 9.95 Å². The van der Waals surface area contributed by atoms with Gasteiger partial charge in [-0.15, -0.1) is 11.3 Å². The number of thiazole rings is 1. The summed E-state index contributed by atoms with van der Waals surface area (Å²) in [5, 5.41) is 2.15. The molecule has 3 aromatic rings. The molecule has 0 atom stereocenters. The van der Waals surface area contributed by atoms with E-state index < -0.39 is 10.0 Å². The summed E-state index contributed by atoms with van der Waals surface area (Å²) in [5.41, 5.74) is 3.03. The highest BCUT2D eigenvalue weighted by atomic mass is 32.2. The Hall–Kier alpha value is -2.42. The van der Waals surface area contributed by atoms with Crippen molar-refractivity contribution in [1.82, 2.24) is 8.87 Å². The molecular weight excluding hydrogens is 466 g/mol. The second-order valence-electron chi connectivity index (χ2n) is 9.01. The van der Waals surface area contributed by atoms with Crippen molar-refractivity contribution in [2.24, 2.45) is 4.99 Å². The van der Waals surface area contributed by atoms with Crippen LogP contribution in [0, 0.1) is 0 Å². The average molecular weight is 498 g/mol. The summed E-state index contributed by atoms with van der Waals surface area (Å²) in [6.07, 6.45) is 7.89. The van der Waals surface area contributed by atoms with E-state index in [4.69, 9.17) is 9.73 Å². The van der Waals surface area contributed by atoms with Gasteiger partial charge in [-0.05, 0) is 67.6 Å². The molecule has 0 unspecified atom stereocenters. The molecule has 1 aliphatic heterocycles. The van der Waals surface area contributed by atoms with Gasteiger partial charge in [-0.1, -0.05) is 31.4 Å². The topological polar surface area (TPSA) is 63.9 Å². The molecular formula is C26H31N3O3S2. The summed E-state index contributed by atoms with van der Waals surface area (Å²) in [6.45, 7) is 1.24. The lowest BCUT2D eigenvalue weighted by Gasteiger charge is -2.25. The van der Waals surface area contributed by atoms with Crippen LogP contribution in [0.3, 0.4) is 0 Å². The normalized spacial score (nSPS) is 18.4. The van der Waals surface area contributed by atoms with Gasteiger partial charge >= 0.3 is 0 Å². The minimum Gasteiger partial charge on any atom is -0.497 e. The molecule has 8 heteroatoms. The van der Waals surface area contributed by atoms with Gasteiger partial charge < -0.3 is 9.30 Å². The zero-order valence-electron chi connectivity index (χ0n) is 19.5. The molecule has 2 aliphatic rings. The van der Waals surface area contributed by atoms with Crippen molar-refractivity contribution in [3.63, 3.8) is 0 Å². The number of hydrogen-bond acceptors (Lipinski definition) is 5. The molecule has 1 aromatic heterocycles. The molecule has 0 radical (unpaired) electrons. The maximum absolute atomic E-state index is 12.9. The second-order valence-corrected chi connectivity index (χ2v) is 11.8. The molecule has 0 bridgehead atoms. The molecule has 1 saturated heterocycles. The minimum absolute atomic E-state index is 0.376. The Labute approximate surface area is 205 Å². The van der Waals surface area contributed by atoms with Crippen LogP contribution < -0.4 is 9.54 Å². The standard InChI is InChI=1S/C26H31N3O3S2/c1-32-23-13-11-21(12-14-23)27-26-29(22-7-3-2-4-8-22)25(19-33-26)20-9-15-24(16-10-20)34(30,31)28-17-5-6-18-28/h9-16,19,22H,2-8,17-18H2,1H3. The Kier molecular flexibility index (Phi) is 6.90. The maximum atomic E-state index is 12.9. The van der Waals surface area contributed by atoms with Crippen molar-refractivity contribution in [3.05, 3.63) is 58.7 Å². The number of hydrogen-bond donors (Lipinski definition) is 0. The first-order chi connectivity index (χ1) is 16.6. The van der Waals surface area contributed by atoms with Crippen molar-refractivity contribution < 1.29 is 13.2 Å². The fourth-order valence-electron chi connectivity index (χ4n) is 4.95. The molecule has 1 aliphatic carbocycles. The predicted molar refractivity (Wildman–Crippen MR) is 136 cm³/mol. The third-order valence-electron chi connectivity index (χ3n) is 6.83.